The van der Waals surface area contributed by atoms with Crippen LogP contribution in [0.2, 0.25) is 0 Å². The third-order valence-corrected chi connectivity index (χ3v) is 5.68. The summed E-state index contributed by atoms with van der Waals surface area (Å²) < 4.78 is 39.0. The number of aryl methyl sites for hydroxylation is 1. The second-order valence-electron chi connectivity index (χ2n) is 6.81. The van der Waals surface area contributed by atoms with E-state index in [1.54, 1.807) is 0 Å². The lowest BCUT2D eigenvalue weighted by atomic mass is 9.98. The second-order valence-corrected chi connectivity index (χ2v) is 8.01. The summed E-state index contributed by atoms with van der Waals surface area (Å²) in [5, 5.41) is 0.597. The van der Waals surface area contributed by atoms with Gasteiger partial charge in [0.15, 0.2) is 0 Å². The average Bonchev–Trinajstić information content (AvgIpc) is 3.10. The molecule has 3 rings (SSSR count). The molecule has 0 bridgehead atoms. The summed E-state index contributed by atoms with van der Waals surface area (Å²) in [7, 11) is 0. The quantitative estimate of drug-likeness (QED) is 0.676. The van der Waals surface area contributed by atoms with Crippen molar-refractivity contribution in [3.63, 3.8) is 0 Å². The molecular formula is C18H21F3N4OS. The third kappa shape index (κ3) is 4.40. The van der Waals surface area contributed by atoms with Crippen molar-refractivity contribution < 1.29 is 13.2 Å². The molecule has 0 aromatic carbocycles. The highest BCUT2D eigenvalue weighted by atomic mass is 32.1. The van der Waals surface area contributed by atoms with E-state index in [1.807, 2.05) is 6.92 Å². The first-order chi connectivity index (χ1) is 12.7. The van der Waals surface area contributed by atoms with Gasteiger partial charge in [0.2, 0.25) is 0 Å². The van der Waals surface area contributed by atoms with Crippen molar-refractivity contribution in [2.45, 2.75) is 52.8 Å². The number of H-pyrrole nitrogens is 1. The Kier molecular flexibility index (Phi) is 5.41. The minimum absolute atomic E-state index is 0.0336. The van der Waals surface area contributed by atoms with E-state index < -0.39 is 12.7 Å². The van der Waals surface area contributed by atoms with Crippen LogP contribution in [0.25, 0.3) is 10.2 Å². The van der Waals surface area contributed by atoms with Crippen LogP contribution in [0.4, 0.5) is 13.2 Å². The van der Waals surface area contributed by atoms with E-state index in [0.717, 1.165) is 27.8 Å². The van der Waals surface area contributed by atoms with Crippen molar-refractivity contribution in [2.24, 2.45) is 5.92 Å². The lowest BCUT2D eigenvalue weighted by Gasteiger charge is -2.10. The molecule has 0 aliphatic heterocycles. The van der Waals surface area contributed by atoms with E-state index in [-0.39, 0.29) is 17.8 Å². The van der Waals surface area contributed by atoms with Crippen molar-refractivity contribution in [1.82, 2.24) is 19.5 Å². The molecule has 27 heavy (non-hydrogen) atoms. The fourth-order valence-electron chi connectivity index (χ4n) is 3.04. The summed E-state index contributed by atoms with van der Waals surface area (Å²) in [5.41, 5.74) is 0.773. The largest absolute Gasteiger partial charge is 0.406 e. The molecule has 3 aromatic heterocycles. The van der Waals surface area contributed by atoms with E-state index in [0.29, 0.717) is 22.0 Å². The second kappa shape index (κ2) is 7.46. The van der Waals surface area contributed by atoms with Gasteiger partial charge >= 0.3 is 6.18 Å². The van der Waals surface area contributed by atoms with Gasteiger partial charge in [-0.2, -0.15) is 13.2 Å². The Hall–Kier alpha value is -2.16. The monoisotopic (exact) mass is 398 g/mol. The standard InChI is InChI=1S/C18H21F3N4OS/c1-4-10(2)7-12-11(3)27-17-15(12)16(26)23-13(24-17)8-14-22-5-6-25(14)9-18(19,20)21/h5-6,10H,4,7-9H2,1-3H3,(H,23,24,26). The van der Waals surface area contributed by atoms with Crippen LogP contribution in [0.15, 0.2) is 17.2 Å². The van der Waals surface area contributed by atoms with E-state index >= 15 is 0 Å². The number of rotatable bonds is 6. The van der Waals surface area contributed by atoms with E-state index in [2.05, 4.69) is 28.8 Å². The molecule has 9 heteroatoms. The molecular weight excluding hydrogens is 377 g/mol. The number of aromatic nitrogens is 4. The number of alkyl halides is 3. The fourth-order valence-corrected chi connectivity index (χ4v) is 4.11. The van der Waals surface area contributed by atoms with Crippen molar-refractivity contribution in [1.29, 1.82) is 0 Å². The van der Waals surface area contributed by atoms with Crippen LogP contribution < -0.4 is 5.56 Å². The zero-order valence-electron chi connectivity index (χ0n) is 15.4. The van der Waals surface area contributed by atoms with Gasteiger partial charge in [0, 0.05) is 17.3 Å². The number of fused-ring (bicyclic) bond motifs is 1. The smallest absolute Gasteiger partial charge is 0.325 e. The van der Waals surface area contributed by atoms with Crippen LogP contribution in [-0.2, 0) is 19.4 Å². The van der Waals surface area contributed by atoms with Gasteiger partial charge in [-0.25, -0.2) is 9.97 Å². The van der Waals surface area contributed by atoms with Crippen molar-refractivity contribution in [3.05, 3.63) is 44.8 Å². The van der Waals surface area contributed by atoms with Crippen molar-refractivity contribution >= 4 is 21.6 Å². The lowest BCUT2D eigenvalue weighted by molar-refractivity contribution is -0.141. The van der Waals surface area contributed by atoms with Gasteiger partial charge in [-0.1, -0.05) is 20.3 Å². The number of hydrogen-bond donors (Lipinski definition) is 1. The van der Waals surface area contributed by atoms with Gasteiger partial charge in [-0.3, -0.25) is 4.79 Å². The van der Waals surface area contributed by atoms with Crippen LogP contribution in [-0.4, -0.2) is 25.7 Å². The molecule has 0 spiro atoms. The molecule has 0 saturated heterocycles. The van der Waals surface area contributed by atoms with Crippen LogP contribution in [0.5, 0.6) is 0 Å². The predicted octanol–water partition coefficient (Wildman–Crippen LogP) is 4.23. The Labute approximate surface area is 158 Å². The molecule has 5 nitrogen and oxygen atoms in total. The summed E-state index contributed by atoms with van der Waals surface area (Å²) in [4.78, 5) is 25.5. The molecule has 1 N–H and O–H groups in total. The number of hydrogen-bond acceptors (Lipinski definition) is 4. The number of halogens is 3. The highest BCUT2D eigenvalue weighted by molar-refractivity contribution is 7.18. The Morgan fingerprint density at radius 3 is 2.78 bits per heavy atom. The van der Waals surface area contributed by atoms with Gasteiger partial charge in [-0.15, -0.1) is 11.3 Å². The maximum Gasteiger partial charge on any atom is 0.406 e. The average molecular weight is 398 g/mol. The van der Waals surface area contributed by atoms with Crippen molar-refractivity contribution in [2.75, 3.05) is 0 Å². The van der Waals surface area contributed by atoms with Gasteiger partial charge in [0.1, 0.15) is 23.0 Å². The molecule has 0 amide bonds. The highest BCUT2D eigenvalue weighted by Gasteiger charge is 2.29. The van der Waals surface area contributed by atoms with Crippen LogP contribution in [0.1, 0.15) is 42.4 Å². The molecule has 0 saturated carbocycles. The minimum Gasteiger partial charge on any atom is -0.325 e. The summed E-state index contributed by atoms with van der Waals surface area (Å²) in [5.74, 6) is 0.983. The predicted molar refractivity (Wildman–Crippen MR) is 99.2 cm³/mol. The first-order valence-corrected chi connectivity index (χ1v) is 9.57. The topological polar surface area (TPSA) is 63.6 Å². The normalized spacial score (nSPS) is 13.4. The highest BCUT2D eigenvalue weighted by Crippen LogP contribution is 2.29. The van der Waals surface area contributed by atoms with Gasteiger partial charge in [-0.05, 0) is 24.8 Å². The van der Waals surface area contributed by atoms with E-state index in [4.69, 9.17) is 0 Å². The SMILES string of the molecule is CCC(C)Cc1c(C)sc2nc(Cc3nccn3CC(F)(F)F)[nH]c(=O)c12. The molecule has 0 aliphatic carbocycles. The molecule has 0 aliphatic rings. The number of nitrogens with one attached hydrogen (secondary N) is 1. The first kappa shape index (κ1) is 19.6. The maximum atomic E-state index is 12.7. The Morgan fingerprint density at radius 1 is 1.37 bits per heavy atom. The van der Waals surface area contributed by atoms with E-state index in [9.17, 15) is 18.0 Å². The summed E-state index contributed by atoms with van der Waals surface area (Å²) in [6.45, 7) is 5.10. The number of imidazole rings is 1. The van der Waals surface area contributed by atoms with Crippen LogP contribution in [0, 0.1) is 12.8 Å². The number of aromatic amines is 1. The summed E-state index contributed by atoms with van der Waals surface area (Å²) >= 11 is 1.45. The number of nitrogens with zero attached hydrogens (tertiary/aromatic N) is 3. The van der Waals surface area contributed by atoms with Gasteiger partial charge < -0.3 is 9.55 Å². The number of thiophene rings is 1. The van der Waals surface area contributed by atoms with E-state index in [1.165, 1.54) is 23.7 Å². The lowest BCUT2D eigenvalue weighted by Crippen LogP contribution is -2.20. The minimum atomic E-state index is -4.34. The Morgan fingerprint density at radius 2 is 2.11 bits per heavy atom. The molecule has 0 radical (unpaired) electrons. The molecule has 146 valence electrons. The van der Waals surface area contributed by atoms with Crippen LogP contribution >= 0.6 is 11.3 Å². The molecule has 1 atom stereocenters. The van der Waals surface area contributed by atoms with Crippen molar-refractivity contribution in [3.8, 4) is 0 Å². The molecule has 3 aromatic rings. The third-order valence-electron chi connectivity index (χ3n) is 4.64. The van der Waals surface area contributed by atoms with Crippen LogP contribution in [0.3, 0.4) is 0 Å². The fraction of sp³-hybridized carbons (Fsp3) is 0.500. The Bertz CT molecular complexity index is 1000. The van der Waals surface area contributed by atoms with Gasteiger partial charge in [0.25, 0.3) is 5.56 Å². The van der Waals surface area contributed by atoms with Gasteiger partial charge in [0.05, 0.1) is 11.8 Å². The summed E-state index contributed by atoms with van der Waals surface area (Å²) in [6.07, 6.45) is 0.114. The molecule has 1 unspecified atom stereocenters. The zero-order chi connectivity index (χ0) is 19.8. The molecule has 3 heterocycles. The maximum absolute atomic E-state index is 12.7. The first-order valence-electron chi connectivity index (χ1n) is 8.75. The molecule has 0 fully saturated rings. The summed E-state index contributed by atoms with van der Waals surface area (Å²) in [6, 6.07) is 0. The zero-order valence-corrected chi connectivity index (χ0v) is 16.2. The Balaban J connectivity index is 1.94.